The van der Waals surface area contributed by atoms with Gasteiger partial charge < -0.3 is 30.1 Å². The average Bonchev–Trinajstić information content (AvgIpc) is 3.51. The van der Waals surface area contributed by atoms with Crippen molar-refractivity contribution in [2.24, 2.45) is 0 Å². The Labute approximate surface area is 224 Å². The molecule has 5 atom stereocenters. The van der Waals surface area contributed by atoms with Gasteiger partial charge in [0.1, 0.15) is 11.8 Å². The number of nitrogens with one attached hydrogen (secondary N) is 2. The molecule has 0 radical (unpaired) electrons. The van der Waals surface area contributed by atoms with E-state index in [9.17, 15) is 14.7 Å². The van der Waals surface area contributed by atoms with E-state index in [1.807, 2.05) is 42.5 Å². The molecule has 2 saturated heterocycles. The van der Waals surface area contributed by atoms with Gasteiger partial charge in [0, 0.05) is 32.2 Å². The number of methoxy groups -OCH3 is 1. The molecular weight excluding hydrogens is 482 g/mol. The highest BCUT2D eigenvalue weighted by Crippen LogP contribution is 2.42. The van der Waals surface area contributed by atoms with Crippen LogP contribution in [0.5, 0.6) is 5.75 Å². The Morgan fingerprint density at radius 1 is 1.08 bits per heavy atom. The van der Waals surface area contributed by atoms with Crippen LogP contribution in [0.2, 0.25) is 0 Å². The lowest BCUT2D eigenvalue weighted by Crippen LogP contribution is -2.55. The van der Waals surface area contributed by atoms with Crippen molar-refractivity contribution in [3.8, 4) is 5.75 Å². The summed E-state index contributed by atoms with van der Waals surface area (Å²) >= 11 is 0. The van der Waals surface area contributed by atoms with Gasteiger partial charge in [-0.2, -0.15) is 0 Å². The molecule has 3 aliphatic rings. The van der Waals surface area contributed by atoms with Gasteiger partial charge in [0.2, 0.25) is 11.8 Å². The average molecular weight is 522 g/mol. The Hall–Kier alpha value is -2.94. The lowest BCUT2D eigenvalue weighted by atomic mass is 9.99. The number of ether oxygens (including phenoxy) is 2. The number of likely N-dealkylation sites (tertiary alicyclic amines) is 1. The van der Waals surface area contributed by atoms with Gasteiger partial charge in [-0.1, -0.05) is 36.4 Å². The molecule has 2 aromatic rings. The molecular formula is C30H39N3O5. The molecule has 5 rings (SSSR count). The van der Waals surface area contributed by atoms with Crippen molar-refractivity contribution in [1.82, 2.24) is 15.5 Å². The monoisotopic (exact) mass is 521 g/mol. The number of fused-ring (bicyclic) bond motifs is 5. The molecule has 2 amide bonds. The fourth-order valence-corrected chi connectivity index (χ4v) is 6.02. The molecule has 2 bridgehead atoms. The minimum Gasteiger partial charge on any atom is -0.497 e. The predicted octanol–water partition coefficient (Wildman–Crippen LogP) is 3.05. The van der Waals surface area contributed by atoms with Crippen LogP contribution >= 0.6 is 0 Å². The highest BCUT2D eigenvalue weighted by atomic mass is 16.5. The van der Waals surface area contributed by atoms with Crippen LogP contribution in [0.1, 0.15) is 67.4 Å². The van der Waals surface area contributed by atoms with Crippen LogP contribution in [0.3, 0.4) is 0 Å². The quantitative estimate of drug-likeness (QED) is 0.572. The third kappa shape index (κ3) is 6.03. The van der Waals surface area contributed by atoms with E-state index in [0.29, 0.717) is 39.0 Å². The highest BCUT2D eigenvalue weighted by Gasteiger charge is 2.36. The molecule has 8 heteroatoms. The topological polar surface area (TPSA) is 100 Å². The highest BCUT2D eigenvalue weighted by molar-refractivity contribution is 5.88. The van der Waals surface area contributed by atoms with E-state index in [4.69, 9.17) is 9.47 Å². The second-order valence-electron chi connectivity index (χ2n) is 10.6. The Morgan fingerprint density at radius 2 is 1.92 bits per heavy atom. The van der Waals surface area contributed by atoms with Crippen LogP contribution in [-0.2, 0) is 20.7 Å². The second-order valence-corrected chi connectivity index (χ2v) is 10.6. The summed E-state index contributed by atoms with van der Waals surface area (Å²) in [6.07, 6.45) is 3.83. The zero-order valence-corrected chi connectivity index (χ0v) is 22.1. The molecule has 2 aromatic carbocycles. The molecule has 8 nitrogen and oxygen atoms in total. The summed E-state index contributed by atoms with van der Waals surface area (Å²) in [5, 5.41) is 18.1. The van der Waals surface area contributed by atoms with Gasteiger partial charge in [0.25, 0.3) is 0 Å². The number of carbonyl (C=O) groups excluding carboxylic acids is 2. The fraction of sp³-hybridized carbons (Fsp3) is 0.533. The lowest BCUT2D eigenvalue weighted by molar-refractivity contribution is -0.138. The molecule has 2 aliphatic heterocycles. The van der Waals surface area contributed by atoms with Crippen LogP contribution < -0.4 is 15.4 Å². The van der Waals surface area contributed by atoms with E-state index in [-0.39, 0.29) is 24.0 Å². The van der Waals surface area contributed by atoms with Crippen molar-refractivity contribution in [2.75, 3.05) is 26.8 Å². The van der Waals surface area contributed by atoms with Crippen molar-refractivity contribution in [3.63, 3.8) is 0 Å². The summed E-state index contributed by atoms with van der Waals surface area (Å²) < 4.78 is 11.8. The van der Waals surface area contributed by atoms with Crippen molar-refractivity contribution in [2.45, 2.75) is 75.3 Å². The van der Waals surface area contributed by atoms with Crippen molar-refractivity contribution >= 4 is 11.8 Å². The van der Waals surface area contributed by atoms with Crippen molar-refractivity contribution < 1.29 is 24.2 Å². The van der Waals surface area contributed by atoms with Gasteiger partial charge >= 0.3 is 0 Å². The molecule has 2 heterocycles. The number of aliphatic hydroxyl groups is 1. The molecule has 0 spiro atoms. The number of hydrogen-bond donors (Lipinski definition) is 3. The maximum absolute atomic E-state index is 13.6. The van der Waals surface area contributed by atoms with E-state index in [1.165, 1.54) is 0 Å². The van der Waals surface area contributed by atoms with Crippen LogP contribution in [-0.4, -0.2) is 66.8 Å². The van der Waals surface area contributed by atoms with Gasteiger partial charge in [-0.25, -0.2) is 0 Å². The van der Waals surface area contributed by atoms with Gasteiger partial charge in [-0.05, 0) is 67.3 Å². The minimum atomic E-state index is -0.826. The lowest BCUT2D eigenvalue weighted by Gasteiger charge is -2.31. The number of hydrogen-bond acceptors (Lipinski definition) is 6. The van der Waals surface area contributed by atoms with Crippen LogP contribution in [0.4, 0.5) is 0 Å². The summed E-state index contributed by atoms with van der Waals surface area (Å²) in [5.74, 6) is 0.640. The number of carbonyl (C=O) groups is 2. The number of amides is 2. The molecule has 204 valence electrons. The van der Waals surface area contributed by atoms with Crippen LogP contribution in [0.15, 0.2) is 48.5 Å². The van der Waals surface area contributed by atoms with Gasteiger partial charge in [0.15, 0.2) is 0 Å². The summed E-state index contributed by atoms with van der Waals surface area (Å²) in [6, 6.07) is 15.0. The zero-order chi connectivity index (χ0) is 26.5. The fourth-order valence-electron chi connectivity index (χ4n) is 6.02. The van der Waals surface area contributed by atoms with Crippen molar-refractivity contribution in [3.05, 3.63) is 65.2 Å². The van der Waals surface area contributed by atoms with E-state index < -0.39 is 18.2 Å². The summed E-state index contributed by atoms with van der Waals surface area (Å²) in [5.41, 5.74) is 3.32. The van der Waals surface area contributed by atoms with Crippen molar-refractivity contribution in [1.29, 1.82) is 0 Å². The molecule has 3 unspecified atom stereocenters. The number of rotatable bonds is 4. The first kappa shape index (κ1) is 26.7. The van der Waals surface area contributed by atoms with E-state index >= 15 is 0 Å². The summed E-state index contributed by atoms with van der Waals surface area (Å²) in [6.45, 7) is 1.49. The second kappa shape index (κ2) is 12.3. The normalized spacial score (nSPS) is 28.8. The molecule has 0 aromatic heterocycles. The first-order valence-electron chi connectivity index (χ1n) is 13.9. The SMILES string of the molecule is COc1ccc2c(c1)C1CC2OCCCCC(N2CCCC2=O)C(=O)N[C@@H](Cc2ccccc2)[C@H](O)CN1. The number of β-amino-alcohol motifs (C(OH)–C–C–N with tert-alkyl or cyclic N) is 1. The Balaban J connectivity index is 1.40. The summed E-state index contributed by atoms with van der Waals surface area (Å²) in [7, 11) is 1.66. The largest absolute Gasteiger partial charge is 0.497 e. The zero-order valence-electron chi connectivity index (χ0n) is 22.1. The smallest absolute Gasteiger partial charge is 0.243 e. The summed E-state index contributed by atoms with van der Waals surface area (Å²) in [4.78, 5) is 27.9. The van der Waals surface area contributed by atoms with Gasteiger partial charge in [-0.3, -0.25) is 9.59 Å². The Kier molecular flexibility index (Phi) is 8.61. The third-order valence-corrected chi connectivity index (χ3v) is 8.11. The van der Waals surface area contributed by atoms with Gasteiger partial charge in [0.05, 0.1) is 25.4 Å². The third-order valence-electron chi connectivity index (χ3n) is 8.11. The predicted molar refractivity (Wildman–Crippen MR) is 144 cm³/mol. The molecule has 0 saturated carbocycles. The molecule has 3 N–H and O–H groups in total. The van der Waals surface area contributed by atoms with Crippen LogP contribution in [0, 0.1) is 0 Å². The van der Waals surface area contributed by atoms with E-state index in [1.54, 1.807) is 12.0 Å². The maximum Gasteiger partial charge on any atom is 0.243 e. The molecule has 38 heavy (non-hydrogen) atoms. The van der Waals surface area contributed by atoms with E-state index in [2.05, 4.69) is 16.7 Å². The number of aliphatic hydroxyl groups excluding tert-OH is 1. The minimum absolute atomic E-state index is 0.00734. The number of nitrogens with zero attached hydrogens (tertiary/aromatic N) is 1. The van der Waals surface area contributed by atoms with E-state index in [0.717, 1.165) is 48.1 Å². The van der Waals surface area contributed by atoms with Gasteiger partial charge in [-0.15, -0.1) is 0 Å². The first-order chi connectivity index (χ1) is 18.5. The molecule has 2 fully saturated rings. The maximum atomic E-state index is 13.6. The van der Waals surface area contributed by atoms with Crippen LogP contribution in [0.25, 0.3) is 0 Å². The first-order valence-corrected chi connectivity index (χ1v) is 13.9. The number of benzene rings is 2. The standard InChI is InChI=1S/C30H39N3O5/c1-37-21-12-13-22-23(17-21)24-18-28(22)38-15-6-5-10-26(33-14-7-11-29(33)35)30(36)32-25(27(34)19-31-24)16-20-8-3-2-4-9-20/h2-4,8-9,12-13,17,24-28,31,34H,5-7,10-11,14-16,18-19H2,1H3,(H,32,36)/t24?,25-,26?,27+,28?/m0/s1. The Morgan fingerprint density at radius 3 is 2.68 bits per heavy atom. The Bertz CT molecular complexity index is 1110. The molecule has 1 aliphatic carbocycles.